The summed E-state index contributed by atoms with van der Waals surface area (Å²) in [6, 6.07) is 11.7. The van der Waals surface area contributed by atoms with E-state index in [1.165, 1.54) is 5.56 Å². The van der Waals surface area contributed by atoms with Crippen LogP contribution in [0.5, 0.6) is 17.2 Å². The molecule has 0 fully saturated rings. The molecule has 0 aromatic heterocycles. The largest absolute Gasteiger partial charge is 0.497 e. The quantitative estimate of drug-likeness (QED) is 0.832. The van der Waals surface area contributed by atoms with Gasteiger partial charge in [0.25, 0.3) is 0 Å². The summed E-state index contributed by atoms with van der Waals surface area (Å²) in [6.45, 7) is 6.35. The third kappa shape index (κ3) is 3.05. The molecule has 0 aliphatic carbocycles. The fraction of sp³-hybridized carbons (Fsp3) is 0.294. The zero-order valence-electron chi connectivity index (χ0n) is 12.4. The second-order valence-corrected chi connectivity index (χ2v) is 5.20. The molecule has 2 aromatic carbocycles. The molecule has 0 bridgehead atoms. The Morgan fingerprint density at radius 1 is 1.00 bits per heavy atom. The Bertz CT molecular complexity index is 606. The van der Waals surface area contributed by atoms with Crippen molar-refractivity contribution in [3.05, 3.63) is 47.5 Å². The van der Waals surface area contributed by atoms with E-state index in [4.69, 9.17) is 15.2 Å². The van der Waals surface area contributed by atoms with E-state index in [-0.39, 0.29) is 0 Å². The molecule has 0 aliphatic heterocycles. The van der Waals surface area contributed by atoms with Crippen molar-refractivity contribution in [2.45, 2.75) is 26.7 Å². The van der Waals surface area contributed by atoms with Crippen LogP contribution >= 0.6 is 0 Å². The maximum absolute atomic E-state index is 6.00. The summed E-state index contributed by atoms with van der Waals surface area (Å²) in [5.41, 5.74) is 8.91. The molecular weight excluding hydrogens is 250 g/mol. The molecule has 2 N–H and O–H groups in total. The Morgan fingerprint density at radius 3 is 2.35 bits per heavy atom. The minimum atomic E-state index is 0.394. The first kappa shape index (κ1) is 14.3. The molecule has 106 valence electrons. The second kappa shape index (κ2) is 5.87. The smallest absolute Gasteiger partial charge is 0.150 e. The zero-order chi connectivity index (χ0) is 14.7. The van der Waals surface area contributed by atoms with Crippen molar-refractivity contribution in [3.8, 4) is 17.2 Å². The molecule has 2 rings (SSSR count). The van der Waals surface area contributed by atoms with Gasteiger partial charge in [0, 0.05) is 6.07 Å². The molecule has 0 heterocycles. The molecule has 0 atom stereocenters. The fourth-order valence-corrected chi connectivity index (χ4v) is 2.07. The zero-order valence-corrected chi connectivity index (χ0v) is 12.4. The SMILES string of the molecule is COc1ccc(Oc2cc(C)ccc2C(C)C)c(N)c1. The van der Waals surface area contributed by atoms with Crippen molar-refractivity contribution in [3.63, 3.8) is 0 Å². The Balaban J connectivity index is 2.36. The number of benzene rings is 2. The first-order chi connectivity index (χ1) is 9.51. The van der Waals surface area contributed by atoms with Crippen molar-refractivity contribution in [2.75, 3.05) is 12.8 Å². The summed E-state index contributed by atoms with van der Waals surface area (Å²) in [6.07, 6.45) is 0. The molecule has 0 amide bonds. The van der Waals surface area contributed by atoms with Crippen LogP contribution in [0.15, 0.2) is 36.4 Å². The van der Waals surface area contributed by atoms with Crippen LogP contribution in [0.2, 0.25) is 0 Å². The van der Waals surface area contributed by atoms with Gasteiger partial charge in [0.2, 0.25) is 0 Å². The Hall–Kier alpha value is -2.16. The first-order valence-electron chi connectivity index (χ1n) is 6.73. The summed E-state index contributed by atoms with van der Waals surface area (Å²) < 4.78 is 11.1. The van der Waals surface area contributed by atoms with Gasteiger partial charge in [0.05, 0.1) is 12.8 Å². The molecule has 0 radical (unpaired) electrons. The highest BCUT2D eigenvalue weighted by atomic mass is 16.5. The molecule has 0 spiro atoms. The molecule has 0 saturated heterocycles. The number of aryl methyl sites for hydroxylation is 1. The van der Waals surface area contributed by atoms with Crippen molar-refractivity contribution >= 4 is 5.69 Å². The summed E-state index contributed by atoms with van der Waals surface area (Å²) in [5, 5.41) is 0. The van der Waals surface area contributed by atoms with Crippen LogP contribution in [0.3, 0.4) is 0 Å². The van der Waals surface area contributed by atoms with Crippen molar-refractivity contribution in [1.82, 2.24) is 0 Å². The Labute approximate surface area is 120 Å². The number of hydrogen-bond acceptors (Lipinski definition) is 3. The molecule has 2 aromatic rings. The van der Waals surface area contributed by atoms with E-state index in [1.54, 1.807) is 13.2 Å². The van der Waals surface area contributed by atoms with Gasteiger partial charge in [-0.25, -0.2) is 0 Å². The topological polar surface area (TPSA) is 44.5 Å². The maximum atomic E-state index is 6.00. The van der Waals surface area contributed by atoms with Crippen LogP contribution in [0.25, 0.3) is 0 Å². The van der Waals surface area contributed by atoms with E-state index < -0.39 is 0 Å². The molecule has 3 nitrogen and oxygen atoms in total. The van der Waals surface area contributed by atoms with Crippen LogP contribution in [0.1, 0.15) is 30.9 Å². The lowest BCUT2D eigenvalue weighted by Crippen LogP contribution is -1.97. The number of methoxy groups -OCH3 is 1. The second-order valence-electron chi connectivity index (χ2n) is 5.20. The van der Waals surface area contributed by atoms with Crippen molar-refractivity contribution in [2.24, 2.45) is 0 Å². The van der Waals surface area contributed by atoms with Gasteiger partial charge in [-0.3, -0.25) is 0 Å². The Kier molecular flexibility index (Phi) is 4.18. The number of hydrogen-bond donors (Lipinski definition) is 1. The third-order valence-corrected chi connectivity index (χ3v) is 3.23. The predicted molar refractivity (Wildman–Crippen MR) is 82.7 cm³/mol. The third-order valence-electron chi connectivity index (χ3n) is 3.23. The number of rotatable bonds is 4. The lowest BCUT2D eigenvalue weighted by molar-refractivity contribution is 0.413. The van der Waals surface area contributed by atoms with Crippen molar-refractivity contribution < 1.29 is 9.47 Å². The summed E-state index contributed by atoms with van der Waals surface area (Å²) in [4.78, 5) is 0. The molecule has 0 unspecified atom stereocenters. The predicted octanol–water partition coefficient (Wildman–Crippen LogP) is 4.50. The van der Waals surface area contributed by atoms with Gasteiger partial charge in [0.1, 0.15) is 11.5 Å². The monoisotopic (exact) mass is 271 g/mol. The van der Waals surface area contributed by atoms with E-state index in [2.05, 4.69) is 26.0 Å². The van der Waals surface area contributed by atoms with Crippen molar-refractivity contribution in [1.29, 1.82) is 0 Å². The summed E-state index contributed by atoms with van der Waals surface area (Å²) in [5.74, 6) is 2.63. The summed E-state index contributed by atoms with van der Waals surface area (Å²) >= 11 is 0. The van der Waals surface area contributed by atoms with E-state index in [9.17, 15) is 0 Å². The van der Waals surface area contributed by atoms with Gasteiger partial charge >= 0.3 is 0 Å². The molecule has 0 saturated carbocycles. The first-order valence-corrected chi connectivity index (χ1v) is 6.73. The van der Waals surface area contributed by atoms with Gasteiger partial charge in [-0.2, -0.15) is 0 Å². The van der Waals surface area contributed by atoms with E-state index in [0.29, 0.717) is 17.4 Å². The number of anilines is 1. The van der Waals surface area contributed by atoms with Gasteiger partial charge in [0.15, 0.2) is 5.75 Å². The Morgan fingerprint density at radius 2 is 1.75 bits per heavy atom. The number of ether oxygens (including phenoxy) is 2. The molecule has 20 heavy (non-hydrogen) atoms. The highest BCUT2D eigenvalue weighted by Gasteiger charge is 2.11. The van der Waals surface area contributed by atoms with Gasteiger partial charge in [-0.15, -0.1) is 0 Å². The lowest BCUT2D eigenvalue weighted by atomic mass is 10.0. The van der Waals surface area contributed by atoms with Crippen LogP contribution in [-0.4, -0.2) is 7.11 Å². The minimum Gasteiger partial charge on any atom is -0.497 e. The molecular formula is C17H21NO2. The summed E-state index contributed by atoms with van der Waals surface area (Å²) in [7, 11) is 1.62. The van der Waals surface area contributed by atoms with E-state index >= 15 is 0 Å². The van der Waals surface area contributed by atoms with E-state index in [0.717, 1.165) is 17.1 Å². The van der Waals surface area contributed by atoms with Crippen LogP contribution in [-0.2, 0) is 0 Å². The van der Waals surface area contributed by atoms with Gasteiger partial charge < -0.3 is 15.2 Å². The van der Waals surface area contributed by atoms with Crippen LogP contribution < -0.4 is 15.2 Å². The van der Waals surface area contributed by atoms with Gasteiger partial charge in [-0.1, -0.05) is 26.0 Å². The highest BCUT2D eigenvalue weighted by Crippen LogP contribution is 2.35. The average Bonchev–Trinajstić information content (AvgIpc) is 2.40. The standard InChI is InChI=1S/C17H21NO2/c1-11(2)14-7-5-12(3)9-17(14)20-16-8-6-13(19-4)10-15(16)18/h5-11H,18H2,1-4H3. The molecule has 3 heteroatoms. The van der Waals surface area contributed by atoms with Gasteiger partial charge in [-0.05, 0) is 42.2 Å². The fourth-order valence-electron chi connectivity index (χ4n) is 2.07. The normalized spacial score (nSPS) is 10.7. The maximum Gasteiger partial charge on any atom is 0.150 e. The lowest BCUT2D eigenvalue weighted by Gasteiger charge is -2.16. The van der Waals surface area contributed by atoms with Crippen LogP contribution in [0, 0.1) is 6.92 Å². The highest BCUT2D eigenvalue weighted by molar-refractivity contribution is 5.58. The minimum absolute atomic E-state index is 0.394. The van der Waals surface area contributed by atoms with Crippen LogP contribution in [0.4, 0.5) is 5.69 Å². The number of nitrogen functional groups attached to an aromatic ring is 1. The number of nitrogens with two attached hydrogens (primary N) is 1. The molecule has 0 aliphatic rings. The van der Waals surface area contributed by atoms with E-state index in [1.807, 2.05) is 25.1 Å². The average molecular weight is 271 g/mol.